The fourth-order valence-electron chi connectivity index (χ4n) is 3.88. The Morgan fingerprint density at radius 1 is 1.10 bits per heavy atom. The lowest BCUT2D eigenvalue weighted by Gasteiger charge is -2.20. The topological polar surface area (TPSA) is 74.3 Å². The summed E-state index contributed by atoms with van der Waals surface area (Å²) in [5.41, 5.74) is 1.80. The summed E-state index contributed by atoms with van der Waals surface area (Å²) in [6.07, 6.45) is 1.47. The number of fused-ring (bicyclic) bond motifs is 2. The molecule has 1 aliphatic heterocycles. The smallest absolute Gasteiger partial charge is 0.230 e. The van der Waals surface area contributed by atoms with E-state index in [-0.39, 0.29) is 23.7 Å². The van der Waals surface area contributed by atoms with Crippen LogP contribution in [0.5, 0.6) is 0 Å². The second kappa shape index (κ2) is 7.65. The average Bonchev–Trinajstić information content (AvgIpc) is 3.43. The minimum Gasteiger partial charge on any atom is -0.326 e. The molecule has 5 rings (SSSR count). The fraction of sp³-hybridized carbons (Fsp3) is 0.318. The first-order valence-corrected chi connectivity index (χ1v) is 11.1. The predicted octanol–water partition coefficient (Wildman–Crippen LogP) is 4.15. The molecule has 6 nitrogen and oxygen atoms in total. The van der Waals surface area contributed by atoms with Gasteiger partial charge in [-0.1, -0.05) is 23.7 Å². The van der Waals surface area contributed by atoms with E-state index >= 15 is 0 Å². The van der Waals surface area contributed by atoms with Gasteiger partial charge in [-0.2, -0.15) is 0 Å². The highest BCUT2D eigenvalue weighted by atomic mass is 35.5. The highest BCUT2D eigenvalue weighted by Gasteiger charge is 2.48. The molecule has 2 aromatic carbocycles. The van der Waals surface area contributed by atoms with Crippen molar-refractivity contribution in [1.82, 2.24) is 9.88 Å². The number of likely N-dealkylation sites (N-methyl/N-ethyl adjacent to an activating group) is 1. The maximum absolute atomic E-state index is 12.6. The molecule has 1 aromatic heterocycles. The highest BCUT2D eigenvalue weighted by molar-refractivity contribution is 7.15. The van der Waals surface area contributed by atoms with Crippen molar-refractivity contribution in [2.75, 3.05) is 24.2 Å². The van der Waals surface area contributed by atoms with Crippen molar-refractivity contribution >= 4 is 56.3 Å². The number of amides is 2. The minimum absolute atomic E-state index is 0.122. The van der Waals surface area contributed by atoms with Crippen LogP contribution in [-0.2, 0) is 22.6 Å². The maximum Gasteiger partial charge on any atom is 0.230 e. The minimum atomic E-state index is -0.299. The van der Waals surface area contributed by atoms with E-state index in [9.17, 15) is 9.59 Å². The van der Waals surface area contributed by atoms with Crippen LogP contribution >= 0.6 is 22.9 Å². The van der Waals surface area contributed by atoms with Crippen LogP contribution in [0.25, 0.3) is 10.8 Å². The van der Waals surface area contributed by atoms with Crippen LogP contribution in [-0.4, -0.2) is 35.3 Å². The van der Waals surface area contributed by atoms with Gasteiger partial charge in [0.05, 0.1) is 17.5 Å². The number of aromatic nitrogens is 1. The molecule has 2 aliphatic rings. The van der Waals surface area contributed by atoms with E-state index in [1.165, 1.54) is 16.2 Å². The average molecular weight is 441 g/mol. The fourth-order valence-corrected chi connectivity index (χ4v) is 5.15. The number of nitrogens with zero attached hydrogens (tertiary/aromatic N) is 2. The zero-order valence-corrected chi connectivity index (χ0v) is 18.0. The van der Waals surface area contributed by atoms with Crippen molar-refractivity contribution in [3.63, 3.8) is 0 Å². The molecule has 2 N–H and O–H groups in total. The van der Waals surface area contributed by atoms with Gasteiger partial charge < -0.3 is 15.5 Å². The summed E-state index contributed by atoms with van der Waals surface area (Å²) in [5, 5.41) is 9.18. The van der Waals surface area contributed by atoms with E-state index in [1.54, 1.807) is 0 Å². The molecule has 2 heterocycles. The summed E-state index contributed by atoms with van der Waals surface area (Å²) in [7, 11) is 2.08. The summed E-state index contributed by atoms with van der Waals surface area (Å²) in [4.78, 5) is 33.2. The van der Waals surface area contributed by atoms with E-state index in [4.69, 9.17) is 11.6 Å². The number of anilines is 2. The van der Waals surface area contributed by atoms with Crippen LogP contribution in [0.2, 0.25) is 5.02 Å². The molecule has 1 aliphatic carbocycles. The third-order valence-corrected chi connectivity index (χ3v) is 6.92. The van der Waals surface area contributed by atoms with Crippen LogP contribution in [0.1, 0.15) is 17.0 Å². The second-order valence-corrected chi connectivity index (χ2v) is 9.53. The molecule has 154 valence electrons. The Hall–Kier alpha value is -2.48. The quantitative estimate of drug-likeness (QED) is 0.639. The number of carbonyl (C=O) groups excluding carboxylic acids is 2. The molecular weight excluding hydrogens is 420 g/mol. The van der Waals surface area contributed by atoms with Crippen molar-refractivity contribution in [3.8, 4) is 0 Å². The Labute approximate surface area is 183 Å². The molecule has 8 heteroatoms. The molecule has 0 spiro atoms. The van der Waals surface area contributed by atoms with Gasteiger partial charge in [0.1, 0.15) is 0 Å². The van der Waals surface area contributed by atoms with Gasteiger partial charge >= 0.3 is 0 Å². The van der Waals surface area contributed by atoms with Crippen molar-refractivity contribution in [2.24, 2.45) is 11.8 Å². The van der Waals surface area contributed by atoms with Gasteiger partial charge in [0.2, 0.25) is 11.8 Å². The standard InChI is InChI=1S/C22H21ClN4O2S/c1-27-7-6-18-19(11-27)30-22(25-18)26-21(29)17-10-16(17)20(28)24-15-5-3-12-8-14(23)4-2-13(12)9-15/h2-5,8-9,16-17H,6-7,10-11H2,1H3,(H,24,28)(H,25,26,29)/t16-,17+/m1/s1. The lowest BCUT2D eigenvalue weighted by Crippen LogP contribution is -2.25. The van der Waals surface area contributed by atoms with Crippen LogP contribution in [0.3, 0.4) is 0 Å². The predicted molar refractivity (Wildman–Crippen MR) is 120 cm³/mol. The summed E-state index contributed by atoms with van der Waals surface area (Å²) in [6, 6.07) is 11.3. The van der Waals surface area contributed by atoms with Crippen LogP contribution in [0.15, 0.2) is 36.4 Å². The third kappa shape index (κ3) is 3.93. The Kier molecular flexibility index (Phi) is 4.97. The highest BCUT2D eigenvalue weighted by Crippen LogP contribution is 2.41. The van der Waals surface area contributed by atoms with Crippen LogP contribution in [0.4, 0.5) is 10.8 Å². The van der Waals surface area contributed by atoms with E-state index < -0.39 is 0 Å². The normalized spacial score (nSPS) is 20.6. The molecule has 30 heavy (non-hydrogen) atoms. The molecule has 0 unspecified atom stereocenters. The van der Waals surface area contributed by atoms with Crippen LogP contribution < -0.4 is 10.6 Å². The number of hydrogen-bond donors (Lipinski definition) is 2. The molecule has 2 atom stereocenters. The molecule has 2 amide bonds. The number of carbonyl (C=O) groups is 2. The van der Waals surface area contributed by atoms with E-state index in [0.717, 1.165) is 41.7 Å². The van der Waals surface area contributed by atoms with Gasteiger partial charge in [-0.05, 0) is 48.5 Å². The SMILES string of the molecule is CN1CCc2nc(NC(=O)[C@H]3C[C@H]3C(=O)Nc3ccc4cc(Cl)ccc4c3)sc2C1. The number of benzene rings is 2. The van der Waals surface area contributed by atoms with Crippen molar-refractivity contribution in [1.29, 1.82) is 0 Å². The molecule has 1 saturated carbocycles. The lowest BCUT2D eigenvalue weighted by molar-refractivity contribution is -0.122. The van der Waals surface area contributed by atoms with Gasteiger partial charge in [0.25, 0.3) is 0 Å². The first-order valence-electron chi connectivity index (χ1n) is 9.94. The number of nitrogens with one attached hydrogen (secondary N) is 2. The Bertz CT molecular complexity index is 1160. The van der Waals surface area contributed by atoms with Crippen molar-refractivity contribution < 1.29 is 9.59 Å². The van der Waals surface area contributed by atoms with Crippen LogP contribution in [0, 0.1) is 11.8 Å². The van der Waals surface area contributed by atoms with E-state index in [0.29, 0.717) is 16.6 Å². The maximum atomic E-state index is 12.6. The molecule has 0 saturated heterocycles. The van der Waals surface area contributed by atoms with Crippen molar-refractivity contribution in [3.05, 3.63) is 52.0 Å². The summed E-state index contributed by atoms with van der Waals surface area (Å²) in [5.74, 6) is -0.842. The van der Waals surface area contributed by atoms with Gasteiger partial charge in [-0.25, -0.2) is 4.98 Å². The lowest BCUT2D eigenvalue weighted by atomic mass is 10.1. The molecule has 0 bridgehead atoms. The summed E-state index contributed by atoms with van der Waals surface area (Å²) in [6.45, 7) is 1.85. The Morgan fingerprint density at radius 2 is 1.83 bits per heavy atom. The van der Waals surface area contributed by atoms with Gasteiger partial charge in [-0.15, -0.1) is 11.3 Å². The second-order valence-electron chi connectivity index (χ2n) is 8.01. The first kappa shape index (κ1) is 19.5. The number of rotatable bonds is 4. The number of halogens is 1. The largest absolute Gasteiger partial charge is 0.326 e. The monoisotopic (exact) mass is 440 g/mol. The van der Waals surface area contributed by atoms with E-state index in [1.807, 2.05) is 36.4 Å². The van der Waals surface area contributed by atoms with E-state index in [2.05, 4.69) is 27.6 Å². The van der Waals surface area contributed by atoms with Gasteiger partial charge in [-0.3, -0.25) is 9.59 Å². The third-order valence-electron chi connectivity index (χ3n) is 5.69. The zero-order valence-electron chi connectivity index (χ0n) is 16.4. The zero-order chi connectivity index (χ0) is 20.8. The Morgan fingerprint density at radius 3 is 2.67 bits per heavy atom. The summed E-state index contributed by atoms with van der Waals surface area (Å²) < 4.78 is 0. The molecule has 3 aromatic rings. The first-order chi connectivity index (χ1) is 14.5. The Balaban J connectivity index is 1.20. The number of thiazole rings is 1. The summed E-state index contributed by atoms with van der Waals surface area (Å²) >= 11 is 7.55. The van der Waals surface area contributed by atoms with Crippen molar-refractivity contribution in [2.45, 2.75) is 19.4 Å². The van der Waals surface area contributed by atoms with Gasteiger partial charge in [0, 0.05) is 35.1 Å². The molecular formula is C22H21ClN4O2S. The molecule has 0 radical (unpaired) electrons. The van der Waals surface area contributed by atoms with Gasteiger partial charge in [0.15, 0.2) is 5.13 Å². The number of hydrogen-bond acceptors (Lipinski definition) is 5. The molecule has 1 fully saturated rings.